The maximum atomic E-state index is 3.97. The predicted molar refractivity (Wildman–Crippen MR) is 52.1 cm³/mol. The van der Waals surface area contributed by atoms with Gasteiger partial charge in [-0.1, -0.05) is 41.6 Å². The van der Waals surface area contributed by atoms with Gasteiger partial charge in [0.15, 0.2) is 0 Å². The van der Waals surface area contributed by atoms with Crippen LogP contribution in [0.4, 0.5) is 0 Å². The van der Waals surface area contributed by atoms with Crippen LogP contribution in [0.25, 0.3) is 0 Å². The zero-order valence-corrected chi connectivity index (χ0v) is 8.70. The van der Waals surface area contributed by atoms with Gasteiger partial charge in [0.1, 0.15) is 0 Å². The van der Waals surface area contributed by atoms with Crippen LogP contribution in [0.15, 0.2) is 0 Å². The molecule has 0 N–H and O–H groups in total. The molecule has 0 atom stereocenters. The fourth-order valence-electron chi connectivity index (χ4n) is 2.81. The summed E-state index contributed by atoms with van der Waals surface area (Å²) in [5.74, 6) is 1.02. The number of fused-ring (bicyclic) bond motifs is 1. The molecule has 0 bridgehead atoms. The Bertz CT molecular complexity index is 130. The van der Waals surface area contributed by atoms with E-state index in [-0.39, 0.29) is 0 Å². The lowest BCUT2D eigenvalue weighted by atomic mass is 9.71. The van der Waals surface area contributed by atoms with Crippen molar-refractivity contribution in [1.29, 1.82) is 0 Å². The van der Waals surface area contributed by atoms with E-state index in [4.69, 9.17) is 0 Å². The average molecular weight is 217 g/mol. The van der Waals surface area contributed by atoms with Crippen LogP contribution in [-0.4, -0.2) is 4.32 Å². The van der Waals surface area contributed by atoms with Crippen molar-refractivity contribution in [3.05, 3.63) is 0 Å². The Kier molecular flexibility index (Phi) is 2.27. The summed E-state index contributed by atoms with van der Waals surface area (Å²) in [6, 6.07) is 0. The number of hydrogen-bond donors (Lipinski definition) is 0. The first-order valence-corrected chi connectivity index (χ1v) is 5.79. The van der Waals surface area contributed by atoms with Crippen molar-refractivity contribution in [2.45, 2.75) is 55.7 Å². The lowest BCUT2D eigenvalue weighted by Gasteiger charge is -2.43. The molecule has 0 aromatic carbocycles. The van der Waals surface area contributed by atoms with E-state index in [2.05, 4.69) is 15.9 Å². The molecule has 0 aliphatic heterocycles. The molecule has 2 rings (SSSR count). The highest BCUT2D eigenvalue weighted by Crippen LogP contribution is 2.49. The average Bonchev–Trinajstić information content (AvgIpc) is 2.03. The first-order chi connectivity index (χ1) is 5.31. The van der Waals surface area contributed by atoms with Crippen LogP contribution in [0.1, 0.15) is 51.4 Å². The van der Waals surface area contributed by atoms with E-state index in [1.54, 1.807) is 0 Å². The second kappa shape index (κ2) is 3.08. The summed E-state index contributed by atoms with van der Waals surface area (Å²) in [6.07, 6.45) is 11.8. The molecule has 2 fully saturated rings. The Morgan fingerprint density at radius 2 is 1.45 bits per heavy atom. The molecule has 0 aromatic heterocycles. The third kappa shape index (κ3) is 1.49. The van der Waals surface area contributed by atoms with Crippen molar-refractivity contribution in [3.8, 4) is 0 Å². The first-order valence-electron chi connectivity index (χ1n) is 5.00. The van der Waals surface area contributed by atoms with Crippen molar-refractivity contribution in [3.63, 3.8) is 0 Å². The Labute approximate surface area is 77.9 Å². The highest BCUT2D eigenvalue weighted by atomic mass is 79.9. The van der Waals surface area contributed by atoms with E-state index in [1.807, 2.05) is 0 Å². The van der Waals surface area contributed by atoms with Gasteiger partial charge in [0.25, 0.3) is 0 Å². The van der Waals surface area contributed by atoms with E-state index in [1.165, 1.54) is 51.4 Å². The van der Waals surface area contributed by atoms with Gasteiger partial charge in [-0.2, -0.15) is 0 Å². The molecule has 0 unspecified atom stereocenters. The van der Waals surface area contributed by atoms with Gasteiger partial charge in [0.2, 0.25) is 0 Å². The van der Waals surface area contributed by atoms with E-state index in [0.717, 1.165) is 5.92 Å². The number of alkyl halides is 1. The van der Waals surface area contributed by atoms with Crippen molar-refractivity contribution in [2.75, 3.05) is 0 Å². The zero-order chi connectivity index (χ0) is 7.73. The molecule has 0 amide bonds. The lowest BCUT2D eigenvalue weighted by molar-refractivity contribution is 0.209. The van der Waals surface area contributed by atoms with Gasteiger partial charge < -0.3 is 0 Å². The maximum absolute atomic E-state index is 3.97. The van der Waals surface area contributed by atoms with Crippen LogP contribution in [0.3, 0.4) is 0 Å². The fourth-order valence-corrected chi connectivity index (χ4v) is 3.83. The van der Waals surface area contributed by atoms with Crippen molar-refractivity contribution >= 4 is 15.9 Å². The SMILES string of the molecule is BrC12CCCCC1CCCC2. The smallest absolute Gasteiger partial charge is 0.0286 e. The molecule has 2 aliphatic rings. The summed E-state index contributed by atoms with van der Waals surface area (Å²) in [7, 11) is 0. The van der Waals surface area contributed by atoms with Gasteiger partial charge in [-0.15, -0.1) is 0 Å². The molecule has 2 saturated carbocycles. The summed E-state index contributed by atoms with van der Waals surface area (Å²) < 4.78 is 0.587. The van der Waals surface area contributed by atoms with Crippen LogP contribution in [0.5, 0.6) is 0 Å². The predicted octanol–water partition coefficient (Wildman–Crippen LogP) is 3.88. The summed E-state index contributed by atoms with van der Waals surface area (Å²) in [6.45, 7) is 0. The molecule has 0 heterocycles. The number of hydrogen-bond acceptors (Lipinski definition) is 0. The normalized spacial score (nSPS) is 45.0. The van der Waals surface area contributed by atoms with E-state index < -0.39 is 0 Å². The van der Waals surface area contributed by atoms with E-state index in [9.17, 15) is 0 Å². The molecule has 1 heteroatoms. The third-order valence-electron chi connectivity index (χ3n) is 3.52. The Morgan fingerprint density at radius 1 is 0.909 bits per heavy atom. The second-order valence-electron chi connectivity index (χ2n) is 4.22. The molecule has 0 aromatic rings. The number of halogens is 1. The summed E-state index contributed by atoms with van der Waals surface area (Å²) >= 11 is 3.97. The van der Waals surface area contributed by atoms with Gasteiger partial charge in [0, 0.05) is 4.32 Å². The molecule has 0 spiro atoms. The van der Waals surface area contributed by atoms with Crippen LogP contribution in [0, 0.1) is 5.92 Å². The second-order valence-corrected chi connectivity index (χ2v) is 5.80. The summed E-state index contributed by atoms with van der Waals surface area (Å²) in [5, 5.41) is 0. The minimum Gasteiger partial charge on any atom is -0.0850 e. The quantitative estimate of drug-likeness (QED) is 0.540. The minimum absolute atomic E-state index is 0.587. The standard InChI is InChI=1S/C10H17Br/c11-10-7-3-1-5-9(10)6-2-4-8-10/h9H,1-8H2. The molecule has 2 aliphatic carbocycles. The fraction of sp³-hybridized carbons (Fsp3) is 1.00. The molecular weight excluding hydrogens is 200 g/mol. The number of rotatable bonds is 0. The highest BCUT2D eigenvalue weighted by Gasteiger charge is 2.39. The van der Waals surface area contributed by atoms with E-state index in [0.29, 0.717) is 4.32 Å². The van der Waals surface area contributed by atoms with Crippen LogP contribution in [0.2, 0.25) is 0 Å². The largest absolute Gasteiger partial charge is 0.0850 e. The molecule has 64 valence electrons. The molecule has 0 saturated heterocycles. The molecule has 0 radical (unpaired) electrons. The lowest BCUT2D eigenvalue weighted by Crippen LogP contribution is -2.37. The monoisotopic (exact) mass is 216 g/mol. The Hall–Kier alpha value is 0.480. The summed E-state index contributed by atoms with van der Waals surface area (Å²) in [4.78, 5) is 0. The van der Waals surface area contributed by atoms with Gasteiger partial charge >= 0.3 is 0 Å². The van der Waals surface area contributed by atoms with Crippen LogP contribution in [-0.2, 0) is 0 Å². The van der Waals surface area contributed by atoms with Gasteiger partial charge in [-0.05, 0) is 31.6 Å². The van der Waals surface area contributed by atoms with Gasteiger partial charge in [-0.25, -0.2) is 0 Å². The van der Waals surface area contributed by atoms with Crippen LogP contribution >= 0.6 is 15.9 Å². The molecule has 11 heavy (non-hydrogen) atoms. The molecular formula is C10H17Br. The first kappa shape index (κ1) is 8.10. The van der Waals surface area contributed by atoms with Crippen molar-refractivity contribution in [2.24, 2.45) is 5.92 Å². The summed E-state index contributed by atoms with van der Waals surface area (Å²) in [5.41, 5.74) is 0. The van der Waals surface area contributed by atoms with Crippen molar-refractivity contribution in [1.82, 2.24) is 0 Å². The third-order valence-corrected chi connectivity index (χ3v) is 4.96. The van der Waals surface area contributed by atoms with E-state index >= 15 is 0 Å². The molecule has 0 nitrogen and oxygen atoms in total. The van der Waals surface area contributed by atoms with Gasteiger partial charge in [0.05, 0.1) is 0 Å². The minimum atomic E-state index is 0.587. The van der Waals surface area contributed by atoms with Gasteiger partial charge in [-0.3, -0.25) is 0 Å². The zero-order valence-electron chi connectivity index (χ0n) is 7.11. The van der Waals surface area contributed by atoms with Crippen LogP contribution < -0.4 is 0 Å². The Balaban J connectivity index is 2.06. The highest BCUT2D eigenvalue weighted by molar-refractivity contribution is 9.10. The topological polar surface area (TPSA) is 0 Å². The maximum Gasteiger partial charge on any atom is 0.0286 e. The van der Waals surface area contributed by atoms with Crippen molar-refractivity contribution < 1.29 is 0 Å². The Morgan fingerprint density at radius 3 is 1.91 bits per heavy atom.